The minimum absolute atomic E-state index is 0.418. The zero-order valence-electron chi connectivity index (χ0n) is 11.5. The molecule has 21 heavy (non-hydrogen) atoms. The second-order valence-electron chi connectivity index (χ2n) is 5.01. The third-order valence-corrected chi connectivity index (χ3v) is 3.51. The van der Waals surface area contributed by atoms with E-state index in [2.05, 4.69) is 15.0 Å². The maximum Gasteiger partial charge on any atom is 0.207 e. The molecule has 3 heterocycles. The van der Waals surface area contributed by atoms with Crippen molar-refractivity contribution in [2.75, 3.05) is 5.73 Å². The first-order valence-corrected chi connectivity index (χ1v) is 6.69. The zero-order valence-corrected chi connectivity index (χ0v) is 11.5. The van der Waals surface area contributed by atoms with Crippen molar-refractivity contribution in [2.45, 2.75) is 6.92 Å². The number of pyridine rings is 2. The van der Waals surface area contributed by atoms with E-state index in [1.807, 2.05) is 54.1 Å². The molecule has 5 heteroatoms. The Hall–Kier alpha value is -2.95. The molecular weight excluding hydrogens is 262 g/mol. The van der Waals surface area contributed by atoms with E-state index in [9.17, 15) is 0 Å². The molecule has 0 fully saturated rings. The van der Waals surface area contributed by atoms with Crippen LogP contribution >= 0.6 is 0 Å². The normalized spacial score (nSPS) is 11.3. The summed E-state index contributed by atoms with van der Waals surface area (Å²) in [6.07, 6.45) is 3.59. The molecule has 4 rings (SSSR count). The van der Waals surface area contributed by atoms with Crippen LogP contribution < -0.4 is 5.73 Å². The maximum atomic E-state index is 6.11. The van der Waals surface area contributed by atoms with Crippen molar-refractivity contribution in [3.8, 4) is 5.69 Å². The van der Waals surface area contributed by atoms with E-state index in [4.69, 9.17) is 5.73 Å². The molecule has 0 atom stereocenters. The van der Waals surface area contributed by atoms with Crippen molar-refractivity contribution in [1.82, 2.24) is 19.5 Å². The fourth-order valence-electron chi connectivity index (χ4n) is 2.59. The molecule has 0 bridgehead atoms. The molecule has 0 aliphatic heterocycles. The molecule has 0 aliphatic carbocycles. The summed E-state index contributed by atoms with van der Waals surface area (Å²) in [6, 6.07) is 11.9. The van der Waals surface area contributed by atoms with Crippen LogP contribution in [0.25, 0.3) is 27.8 Å². The second kappa shape index (κ2) is 4.28. The van der Waals surface area contributed by atoms with Crippen molar-refractivity contribution < 1.29 is 0 Å². The third kappa shape index (κ3) is 1.74. The van der Waals surface area contributed by atoms with E-state index in [1.165, 1.54) is 0 Å². The lowest BCUT2D eigenvalue weighted by molar-refractivity contribution is 1.09. The number of aryl methyl sites for hydroxylation is 1. The molecule has 0 saturated heterocycles. The number of nitrogens with zero attached hydrogens (tertiary/aromatic N) is 4. The number of hydrogen-bond acceptors (Lipinski definition) is 4. The summed E-state index contributed by atoms with van der Waals surface area (Å²) in [4.78, 5) is 13.4. The Morgan fingerprint density at radius 2 is 1.95 bits per heavy atom. The maximum absolute atomic E-state index is 6.11. The van der Waals surface area contributed by atoms with Crippen LogP contribution in [-0.2, 0) is 0 Å². The fraction of sp³-hybridized carbons (Fsp3) is 0.0625. The molecule has 0 aliphatic rings. The molecule has 5 nitrogen and oxygen atoms in total. The SMILES string of the molecule is Cc1cnc2c(c1)nc(N)n2-c1cccc2cccnc12. The van der Waals surface area contributed by atoms with Crippen molar-refractivity contribution in [3.05, 3.63) is 54.4 Å². The van der Waals surface area contributed by atoms with Gasteiger partial charge in [-0.1, -0.05) is 18.2 Å². The monoisotopic (exact) mass is 275 g/mol. The predicted octanol–water partition coefficient (Wildman–Crippen LogP) is 2.86. The molecule has 4 aromatic rings. The number of imidazole rings is 1. The summed E-state index contributed by atoms with van der Waals surface area (Å²) < 4.78 is 1.85. The van der Waals surface area contributed by atoms with E-state index < -0.39 is 0 Å². The molecular formula is C16H13N5. The van der Waals surface area contributed by atoms with Crippen LogP contribution in [0.15, 0.2) is 48.8 Å². The van der Waals surface area contributed by atoms with Crippen molar-refractivity contribution in [2.24, 2.45) is 0 Å². The zero-order chi connectivity index (χ0) is 14.4. The molecule has 3 aromatic heterocycles. The Labute approximate surface area is 121 Å². The number of para-hydroxylation sites is 1. The quantitative estimate of drug-likeness (QED) is 0.580. The second-order valence-corrected chi connectivity index (χ2v) is 5.01. The molecule has 0 amide bonds. The van der Waals surface area contributed by atoms with Crippen molar-refractivity contribution in [3.63, 3.8) is 0 Å². The van der Waals surface area contributed by atoms with Gasteiger partial charge < -0.3 is 5.73 Å². The number of hydrogen-bond donors (Lipinski definition) is 1. The molecule has 2 N–H and O–H groups in total. The first-order valence-electron chi connectivity index (χ1n) is 6.69. The van der Waals surface area contributed by atoms with Crippen LogP contribution in [0.1, 0.15) is 5.56 Å². The summed E-state index contributed by atoms with van der Waals surface area (Å²) in [5.74, 6) is 0.418. The minimum Gasteiger partial charge on any atom is -0.369 e. The Bertz CT molecular complexity index is 966. The summed E-state index contributed by atoms with van der Waals surface area (Å²) in [6.45, 7) is 1.99. The van der Waals surface area contributed by atoms with Gasteiger partial charge >= 0.3 is 0 Å². The molecule has 0 radical (unpaired) electrons. The lowest BCUT2D eigenvalue weighted by Gasteiger charge is -2.08. The number of nitrogen functional groups attached to an aromatic ring is 1. The van der Waals surface area contributed by atoms with Gasteiger partial charge in [-0.25, -0.2) is 9.97 Å². The standard InChI is InChI=1S/C16H13N5/c1-10-8-12-15(19-9-10)21(16(17)20-12)13-6-2-4-11-5-3-7-18-14(11)13/h2-9H,1H3,(H2,17,20). The molecule has 0 unspecified atom stereocenters. The van der Waals surface area contributed by atoms with E-state index in [-0.39, 0.29) is 0 Å². The van der Waals surface area contributed by atoms with Crippen molar-refractivity contribution >= 4 is 28.0 Å². The van der Waals surface area contributed by atoms with Crippen LogP contribution in [0.5, 0.6) is 0 Å². The number of benzene rings is 1. The van der Waals surface area contributed by atoms with Gasteiger partial charge in [-0.3, -0.25) is 9.55 Å². The Balaban J connectivity index is 2.11. The number of rotatable bonds is 1. The molecule has 102 valence electrons. The third-order valence-electron chi connectivity index (χ3n) is 3.51. The van der Waals surface area contributed by atoms with Gasteiger partial charge in [0.25, 0.3) is 0 Å². The van der Waals surface area contributed by atoms with Gasteiger partial charge in [-0.2, -0.15) is 0 Å². The number of nitrogens with two attached hydrogens (primary N) is 1. The van der Waals surface area contributed by atoms with Crippen LogP contribution in [0, 0.1) is 6.92 Å². The average Bonchev–Trinajstić information content (AvgIpc) is 2.81. The first-order chi connectivity index (χ1) is 10.2. The molecule has 0 spiro atoms. The fourth-order valence-corrected chi connectivity index (χ4v) is 2.59. The Morgan fingerprint density at radius 1 is 1.10 bits per heavy atom. The molecule has 1 aromatic carbocycles. The van der Waals surface area contributed by atoms with Crippen LogP contribution in [-0.4, -0.2) is 19.5 Å². The van der Waals surface area contributed by atoms with E-state index in [0.717, 1.165) is 33.3 Å². The minimum atomic E-state index is 0.418. The number of fused-ring (bicyclic) bond motifs is 2. The van der Waals surface area contributed by atoms with Crippen molar-refractivity contribution in [1.29, 1.82) is 0 Å². The summed E-state index contributed by atoms with van der Waals surface area (Å²) >= 11 is 0. The van der Waals surface area contributed by atoms with Gasteiger partial charge in [0.2, 0.25) is 5.95 Å². The lowest BCUT2D eigenvalue weighted by Crippen LogP contribution is -2.02. The lowest BCUT2D eigenvalue weighted by atomic mass is 10.2. The van der Waals surface area contributed by atoms with Gasteiger partial charge in [-0.15, -0.1) is 0 Å². The first kappa shape index (κ1) is 11.8. The van der Waals surface area contributed by atoms with Gasteiger partial charge in [0.1, 0.15) is 5.52 Å². The molecule has 0 saturated carbocycles. The largest absolute Gasteiger partial charge is 0.369 e. The van der Waals surface area contributed by atoms with Crippen LogP contribution in [0.3, 0.4) is 0 Å². The highest BCUT2D eigenvalue weighted by atomic mass is 15.2. The highest BCUT2D eigenvalue weighted by molar-refractivity contribution is 5.89. The number of aromatic nitrogens is 4. The average molecular weight is 275 g/mol. The topological polar surface area (TPSA) is 69.6 Å². The summed E-state index contributed by atoms with van der Waals surface area (Å²) in [5.41, 5.74) is 10.5. The van der Waals surface area contributed by atoms with Crippen LogP contribution in [0.4, 0.5) is 5.95 Å². The highest BCUT2D eigenvalue weighted by Crippen LogP contribution is 2.26. The smallest absolute Gasteiger partial charge is 0.207 e. The van der Waals surface area contributed by atoms with Gasteiger partial charge in [-0.05, 0) is 30.7 Å². The van der Waals surface area contributed by atoms with Crippen LogP contribution in [0.2, 0.25) is 0 Å². The van der Waals surface area contributed by atoms with E-state index in [1.54, 1.807) is 6.20 Å². The van der Waals surface area contributed by atoms with E-state index >= 15 is 0 Å². The summed E-state index contributed by atoms with van der Waals surface area (Å²) in [5, 5.41) is 1.06. The Kier molecular flexibility index (Phi) is 2.41. The highest BCUT2D eigenvalue weighted by Gasteiger charge is 2.14. The van der Waals surface area contributed by atoms with E-state index in [0.29, 0.717) is 5.95 Å². The van der Waals surface area contributed by atoms with Gasteiger partial charge in [0, 0.05) is 17.8 Å². The summed E-state index contributed by atoms with van der Waals surface area (Å²) in [7, 11) is 0. The predicted molar refractivity (Wildman–Crippen MR) is 83.3 cm³/mol. The Morgan fingerprint density at radius 3 is 2.86 bits per heavy atom. The number of anilines is 1. The van der Waals surface area contributed by atoms with Gasteiger partial charge in [0.05, 0.1) is 11.2 Å². The van der Waals surface area contributed by atoms with Gasteiger partial charge in [0.15, 0.2) is 5.65 Å².